The second-order valence-electron chi connectivity index (χ2n) is 6.87. The molecule has 0 spiro atoms. The van der Waals surface area contributed by atoms with Crippen molar-refractivity contribution < 1.29 is 18.8 Å². The lowest BCUT2D eigenvalue weighted by Gasteiger charge is -2.14. The zero-order chi connectivity index (χ0) is 21.0. The van der Waals surface area contributed by atoms with Crippen molar-refractivity contribution in [1.82, 2.24) is 5.16 Å². The molecule has 2 aromatic carbocycles. The number of carbonyl (C=O) groups is 2. The van der Waals surface area contributed by atoms with Gasteiger partial charge in [-0.05, 0) is 39.8 Å². The lowest BCUT2D eigenvalue weighted by Crippen LogP contribution is -2.24. The van der Waals surface area contributed by atoms with E-state index >= 15 is 0 Å². The number of aryl methyl sites for hydroxylation is 3. The van der Waals surface area contributed by atoms with Crippen LogP contribution in [0.25, 0.3) is 0 Å². The van der Waals surface area contributed by atoms with Crippen LogP contribution >= 0.6 is 11.8 Å². The summed E-state index contributed by atoms with van der Waals surface area (Å²) < 4.78 is 10.7. The molecule has 6 heteroatoms. The van der Waals surface area contributed by atoms with Crippen LogP contribution in [0, 0.1) is 20.8 Å². The molecule has 0 N–H and O–H groups in total. The molecule has 1 aromatic heterocycles. The number of hydrogen-bond donors (Lipinski definition) is 0. The van der Waals surface area contributed by atoms with E-state index in [0.717, 1.165) is 27.5 Å². The maximum absolute atomic E-state index is 12.7. The van der Waals surface area contributed by atoms with Crippen molar-refractivity contribution >= 4 is 23.5 Å². The number of rotatable bonds is 7. The molecule has 5 nitrogen and oxygen atoms in total. The Morgan fingerprint density at radius 2 is 1.76 bits per heavy atom. The molecule has 29 heavy (non-hydrogen) atoms. The van der Waals surface area contributed by atoms with Gasteiger partial charge in [0.15, 0.2) is 6.10 Å². The number of esters is 1. The van der Waals surface area contributed by atoms with Crippen molar-refractivity contribution in [2.24, 2.45) is 0 Å². The Labute approximate surface area is 174 Å². The predicted octanol–water partition coefficient (Wildman–Crippen LogP) is 5.32. The van der Waals surface area contributed by atoms with Gasteiger partial charge in [0.05, 0.1) is 11.3 Å². The van der Waals surface area contributed by atoms with Crippen molar-refractivity contribution in [3.8, 4) is 0 Å². The van der Waals surface area contributed by atoms with Gasteiger partial charge in [-0.2, -0.15) is 0 Å². The number of ether oxygens (including phenoxy) is 1. The summed E-state index contributed by atoms with van der Waals surface area (Å²) in [6, 6.07) is 14.4. The average molecular weight is 410 g/mol. The number of benzene rings is 2. The predicted molar refractivity (Wildman–Crippen MR) is 112 cm³/mol. The Hall–Kier alpha value is -2.86. The molecule has 3 aromatic rings. The van der Waals surface area contributed by atoms with Crippen LogP contribution in [-0.4, -0.2) is 23.0 Å². The van der Waals surface area contributed by atoms with Gasteiger partial charge in [0.2, 0.25) is 5.78 Å². The molecule has 0 radical (unpaired) electrons. The first-order chi connectivity index (χ1) is 13.9. The molecule has 1 heterocycles. The van der Waals surface area contributed by atoms with Crippen molar-refractivity contribution in [3.63, 3.8) is 0 Å². The number of nitrogens with zero attached hydrogens (tertiary/aromatic N) is 1. The van der Waals surface area contributed by atoms with E-state index < -0.39 is 12.1 Å². The Bertz CT molecular complexity index is 1000. The molecule has 0 saturated carbocycles. The number of ketones is 1. The molecule has 150 valence electrons. The minimum absolute atomic E-state index is 0.223. The van der Waals surface area contributed by atoms with Crippen LogP contribution in [0.2, 0.25) is 0 Å². The van der Waals surface area contributed by atoms with Crippen molar-refractivity contribution in [3.05, 3.63) is 82.2 Å². The lowest BCUT2D eigenvalue weighted by molar-refractivity contribution is 0.0315. The molecule has 0 bridgehead atoms. The summed E-state index contributed by atoms with van der Waals surface area (Å²) in [4.78, 5) is 26.1. The third-order valence-electron chi connectivity index (χ3n) is 4.65. The van der Waals surface area contributed by atoms with E-state index in [9.17, 15) is 9.59 Å². The van der Waals surface area contributed by atoms with E-state index in [1.807, 2.05) is 45.0 Å². The molecule has 0 aliphatic rings. The Morgan fingerprint density at radius 1 is 1.07 bits per heavy atom. The first-order valence-electron chi connectivity index (χ1n) is 9.32. The second-order valence-corrected chi connectivity index (χ2v) is 7.88. The molecule has 3 rings (SSSR count). The van der Waals surface area contributed by atoms with Gasteiger partial charge in [-0.25, -0.2) is 4.79 Å². The topological polar surface area (TPSA) is 69.4 Å². The average Bonchev–Trinajstić information content (AvgIpc) is 3.04. The lowest BCUT2D eigenvalue weighted by atomic mass is 10.1. The summed E-state index contributed by atoms with van der Waals surface area (Å²) in [6.07, 6.45) is -0.870. The fraction of sp³-hybridized carbons (Fsp3) is 0.261. The summed E-state index contributed by atoms with van der Waals surface area (Å²) in [5, 5.41) is 3.96. The van der Waals surface area contributed by atoms with Crippen LogP contribution in [0.5, 0.6) is 0 Å². The first-order valence-corrected chi connectivity index (χ1v) is 10.3. The Balaban J connectivity index is 1.70. The van der Waals surface area contributed by atoms with Gasteiger partial charge in [-0.3, -0.25) is 4.79 Å². The van der Waals surface area contributed by atoms with Crippen LogP contribution in [-0.2, 0) is 10.5 Å². The number of aromatic nitrogens is 1. The minimum Gasteiger partial charge on any atom is -0.451 e. The third-order valence-corrected chi connectivity index (χ3v) is 5.75. The summed E-state index contributed by atoms with van der Waals surface area (Å²) >= 11 is 1.51. The number of hydrogen-bond acceptors (Lipinski definition) is 6. The van der Waals surface area contributed by atoms with E-state index in [0.29, 0.717) is 16.9 Å². The SMILES string of the molecule is Cc1ccc(C(=O)C(C)OC(=O)c2ccccc2SCc2c(C)noc2C)cc1. The number of Topliss-reactive ketones (excluding diaryl/α,β-unsaturated/α-hetero) is 1. The van der Waals surface area contributed by atoms with E-state index in [2.05, 4.69) is 5.16 Å². The van der Waals surface area contributed by atoms with E-state index in [1.54, 1.807) is 31.2 Å². The van der Waals surface area contributed by atoms with Gasteiger partial charge in [-0.15, -0.1) is 11.8 Å². The Kier molecular flexibility index (Phi) is 6.54. The molecule has 0 fully saturated rings. The van der Waals surface area contributed by atoms with E-state index in [1.165, 1.54) is 11.8 Å². The molecular weight excluding hydrogens is 386 g/mol. The standard InChI is InChI=1S/C23H23NO4S/c1-14-9-11-18(12-10-14)22(25)17(4)27-23(26)19-7-5-6-8-21(19)29-13-20-15(2)24-28-16(20)3/h5-12,17H,13H2,1-4H3. The van der Waals surface area contributed by atoms with Crippen molar-refractivity contribution in [2.45, 2.75) is 44.4 Å². The highest BCUT2D eigenvalue weighted by Crippen LogP contribution is 2.29. The van der Waals surface area contributed by atoms with Gasteiger partial charge >= 0.3 is 5.97 Å². The van der Waals surface area contributed by atoms with Gasteiger partial charge < -0.3 is 9.26 Å². The van der Waals surface area contributed by atoms with Gasteiger partial charge in [0, 0.05) is 21.8 Å². The fourth-order valence-corrected chi connectivity index (χ4v) is 4.04. The smallest absolute Gasteiger partial charge is 0.339 e. The highest BCUT2D eigenvalue weighted by atomic mass is 32.2. The van der Waals surface area contributed by atoms with Crippen LogP contribution in [0.1, 0.15) is 50.2 Å². The summed E-state index contributed by atoms with van der Waals surface area (Å²) in [5.41, 5.74) is 3.88. The highest BCUT2D eigenvalue weighted by Gasteiger charge is 2.22. The maximum atomic E-state index is 12.7. The fourth-order valence-electron chi connectivity index (χ4n) is 2.85. The summed E-state index contributed by atoms with van der Waals surface area (Å²) in [5.74, 6) is 0.662. The molecule has 1 atom stereocenters. The number of thioether (sulfide) groups is 1. The summed E-state index contributed by atoms with van der Waals surface area (Å²) in [6.45, 7) is 7.31. The molecule has 0 amide bonds. The molecular formula is C23H23NO4S. The summed E-state index contributed by atoms with van der Waals surface area (Å²) in [7, 11) is 0. The molecule has 0 aliphatic heterocycles. The maximum Gasteiger partial charge on any atom is 0.339 e. The number of carbonyl (C=O) groups excluding carboxylic acids is 2. The van der Waals surface area contributed by atoms with E-state index in [4.69, 9.17) is 9.26 Å². The molecule has 0 saturated heterocycles. The van der Waals surface area contributed by atoms with Crippen LogP contribution < -0.4 is 0 Å². The zero-order valence-corrected chi connectivity index (χ0v) is 17.7. The Morgan fingerprint density at radius 3 is 2.41 bits per heavy atom. The normalized spacial score (nSPS) is 11.9. The van der Waals surface area contributed by atoms with Gasteiger partial charge in [0.1, 0.15) is 5.76 Å². The third kappa shape index (κ3) is 4.95. The van der Waals surface area contributed by atoms with Crippen LogP contribution in [0.4, 0.5) is 0 Å². The van der Waals surface area contributed by atoms with Crippen molar-refractivity contribution in [2.75, 3.05) is 0 Å². The first kappa shape index (κ1) is 20.9. The molecule has 1 unspecified atom stereocenters. The van der Waals surface area contributed by atoms with Gasteiger partial charge in [0.25, 0.3) is 0 Å². The van der Waals surface area contributed by atoms with Crippen LogP contribution in [0.15, 0.2) is 57.9 Å². The minimum atomic E-state index is -0.870. The largest absolute Gasteiger partial charge is 0.451 e. The molecule has 0 aliphatic carbocycles. The monoisotopic (exact) mass is 409 g/mol. The zero-order valence-electron chi connectivity index (χ0n) is 16.9. The van der Waals surface area contributed by atoms with Crippen LogP contribution in [0.3, 0.4) is 0 Å². The highest BCUT2D eigenvalue weighted by molar-refractivity contribution is 7.98. The van der Waals surface area contributed by atoms with Gasteiger partial charge in [-0.1, -0.05) is 47.1 Å². The van der Waals surface area contributed by atoms with E-state index in [-0.39, 0.29) is 5.78 Å². The second kappa shape index (κ2) is 9.09. The quantitative estimate of drug-likeness (QED) is 0.299. The van der Waals surface area contributed by atoms with Crippen molar-refractivity contribution in [1.29, 1.82) is 0 Å².